The number of hydrogen-bond donors (Lipinski definition) is 2. The Balaban J connectivity index is 1.01. The maximum Gasteiger partial charge on any atom is 0.232 e. The number of aliphatic hydroxyl groups is 1. The highest BCUT2D eigenvalue weighted by Crippen LogP contribution is 2.35. The van der Waals surface area contributed by atoms with Crippen LogP contribution in [0.2, 0.25) is 0 Å². The number of hydrogen-bond acceptors (Lipinski definition) is 6. The van der Waals surface area contributed by atoms with E-state index in [2.05, 4.69) is 64.5 Å². The van der Waals surface area contributed by atoms with E-state index in [0.717, 1.165) is 47.5 Å². The molecule has 6 aromatic rings. The molecule has 2 N–H and O–H groups in total. The molecular weight excluding hydrogens is 659 g/mol. The molecule has 51 heavy (non-hydrogen) atoms. The van der Waals surface area contributed by atoms with Gasteiger partial charge in [0.1, 0.15) is 18.1 Å². The highest BCUT2D eigenvalue weighted by atomic mass is 32.2. The van der Waals surface area contributed by atoms with Crippen molar-refractivity contribution in [2.45, 2.75) is 51.0 Å². The molecule has 0 amide bonds. The predicted octanol–water partition coefficient (Wildman–Crippen LogP) is 7.83. The Kier molecular flexibility index (Phi) is 10.6. The lowest BCUT2D eigenvalue weighted by molar-refractivity contribution is 0.172. The summed E-state index contributed by atoms with van der Waals surface area (Å²) in [5, 5.41) is 16.6. The SMILES string of the molecule is CS(=O)(=O)N(Cc1ccccc1)c1cccc([C@@H](O)CNCCOc2ccc3c4ccc(OC5CCCC5)cc4n(Cc4ccccc4)c3c2)c1. The molecule has 5 aromatic carbocycles. The summed E-state index contributed by atoms with van der Waals surface area (Å²) >= 11 is 0. The van der Waals surface area contributed by atoms with Gasteiger partial charge in [-0.25, -0.2) is 8.42 Å². The minimum Gasteiger partial charge on any atom is -0.492 e. The number of sulfonamides is 1. The van der Waals surface area contributed by atoms with Crippen LogP contribution in [0, 0.1) is 0 Å². The van der Waals surface area contributed by atoms with Crippen LogP contribution in [0.1, 0.15) is 48.5 Å². The van der Waals surface area contributed by atoms with Gasteiger partial charge in [-0.3, -0.25) is 4.31 Å². The lowest BCUT2D eigenvalue weighted by Crippen LogP contribution is -2.29. The topological polar surface area (TPSA) is 93.0 Å². The number of benzene rings is 5. The minimum atomic E-state index is -3.54. The first-order chi connectivity index (χ1) is 24.8. The van der Waals surface area contributed by atoms with E-state index in [-0.39, 0.29) is 6.54 Å². The molecule has 1 fully saturated rings. The van der Waals surface area contributed by atoms with E-state index < -0.39 is 16.1 Å². The number of nitrogens with one attached hydrogen (secondary N) is 1. The molecule has 8 nitrogen and oxygen atoms in total. The highest BCUT2D eigenvalue weighted by molar-refractivity contribution is 7.92. The summed E-state index contributed by atoms with van der Waals surface area (Å²) in [5.41, 5.74) is 5.49. The third kappa shape index (κ3) is 8.39. The molecule has 264 valence electrons. The van der Waals surface area contributed by atoms with Gasteiger partial charge in [0.2, 0.25) is 10.0 Å². The van der Waals surface area contributed by atoms with Gasteiger partial charge in [0.05, 0.1) is 41.7 Å². The summed E-state index contributed by atoms with van der Waals surface area (Å²) < 4.78 is 41.7. The first-order valence-corrected chi connectivity index (χ1v) is 19.6. The second-order valence-corrected chi connectivity index (χ2v) is 15.3. The van der Waals surface area contributed by atoms with Crippen molar-refractivity contribution in [3.63, 3.8) is 0 Å². The minimum absolute atomic E-state index is 0.212. The normalized spacial score (nSPS) is 14.2. The zero-order valence-electron chi connectivity index (χ0n) is 28.9. The van der Waals surface area contributed by atoms with Gasteiger partial charge in [-0.15, -0.1) is 0 Å². The van der Waals surface area contributed by atoms with E-state index in [1.54, 1.807) is 18.2 Å². The molecule has 1 aromatic heterocycles. The van der Waals surface area contributed by atoms with E-state index in [1.807, 2.05) is 48.5 Å². The third-order valence-electron chi connectivity index (χ3n) is 9.60. The van der Waals surface area contributed by atoms with Crippen LogP contribution in [-0.4, -0.2) is 50.1 Å². The van der Waals surface area contributed by atoms with Crippen molar-refractivity contribution >= 4 is 37.5 Å². The largest absolute Gasteiger partial charge is 0.492 e. The Morgan fingerprint density at radius 2 is 1.45 bits per heavy atom. The monoisotopic (exact) mass is 703 g/mol. The van der Waals surface area contributed by atoms with Gasteiger partial charge in [0, 0.05) is 42.5 Å². The van der Waals surface area contributed by atoms with Crippen molar-refractivity contribution < 1.29 is 23.0 Å². The van der Waals surface area contributed by atoms with Crippen LogP contribution in [0.15, 0.2) is 121 Å². The Morgan fingerprint density at radius 3 is 2.14 bits per heavy atom. The van der Waals surface area contributed by atoms with Gasteiger partial charge in [-0.2, -0.15) is 0 Å². The van der Waals surface area contributed by atoms with Gasteiger partial charge in [-0.1, -0.05) is 72.8 Å². The van der Waals surface area contributed by atoms with Gasteiger partial charge < -0.3 is 24.5 Å². The zero-order chi connectivity index (χ0) is 35.2. The van der Waals surface area contributed by atoms with Gasteiger partial charge in [0.15, 0.2) is 0 Å². The van der Waals surface area contributed by atoms with E-state index in [1.165, 1.54) is 39.7 Å². The summed E-state index contributed by atoms with van der Waals surface area (Å²) in [4.78, 5) is 0. The average Bonchev–Trinajstić information content (AvgIpc) is 3.76. The smallest absolute Gasteiger partial charge is 0.232 e. The molecule has 0 bridgehead atoms. The number of nitrogens with zero attached hydrogens (tertiary/aromatic N) is 2. The average molecular weight is 704 g/mol. The predicted molar refractivity (Wildman–Crippen MR) is 205 cm³/mol. The summed E-state index contributed by atoms with van der Waals surface area (Å²) in [6.45, 7) is 2.16. The van der Waals surface area contributed by atoms with Crippen LogP contribution in [0.4, 0.5) is 5.69 Å². The van der Waals surface area contributed by atoms with Crippen molar-refractivity contribution in [1.82, 2.24) is 9.88 Å². The van der Waals surface area contributed by atoms with Gasteiger partial charge >= 0.3 is 0 Å². The van der Waals surface area contributed by atoms with Crippen molar-refractivity contribution in [1.29, 1.82) is 0 Å². The van der Waals surface area contributed by atoms with Crippen molar-refractivity contribution in [3.05, 3.63) is 138 Å². The fourth-order valence-corrected chi connectivity index (χ4v) is 7.87. The lowest BCUT2D eigenvalue weighted by atomic mass is 10.1. The molecule has 1 aliphatic carbocycles. The standard InChI is InChI=1S/C42H45N3O5S/c1-51(47,48)45(30-32-13-6-3-7-14-32)34-16-10-15-33(25-34)42(46)28-43-23-24-49-36-19-21-38-39-22-20-37(50-35-17-8-9-18-35)27-41(39)44(40(38)26-36)29-31-11-4-2-5-12-31/h2-7,10-16,19-22,25-27,35,42-43,46H,8-9,17-18,23-24,28-30H2,1H3/t42-/m0/s1. The van der Waals surface area contributed by atoms with E-state index in [9.17, 15) is 13.5 Å². The first kappa shape index (κ1) is 34.6. The van der Waals surface area contributed by atoms with E-state index >= 15 is 0 Å². The molecule has 1 atom stereocenters. The van der Waals surface area contributed by atoms with Crippen LogP contribution < -0.4 is 19.1 Å². The molecule has 9 heteroatoms. The number of aromatic nitrogens is 1. The van der Waals surface area contributed by atoms with Crippen LogP contribution in [0.5, 0.6) is 11.5 Å². The number of anilines is 1. The molecule has 0 aliphatic heterocycles. The Hall–Kier alpha value is -4.83. The molecule has 1 saturated carbocycles. The summed E-state index contributed by atoms with van der Waals surface area (Å²) in [5.74, 6) is 1.69. The zero-order valence-corrected chi connectivity index (χ0v) is 29.8. The molecule has 0 radical (unpaired) electrons. The van der Waals surface area contributed by atoms with Crippen molar-refractivity contribution in [3.8, 4) is 11.5 Å². The quantitative estimate of drug-likeness (QED) is 0.106. The molecular formula is C42H45N3O5S. The molecule has 1 aliphatic rings. The van der Waals surface area contributed by atoms with Gasteiger partial charge in [0.25, 0.3) is 0 Å². The molecule has 0 unspecified atom stereocenters. The second kappa shape index (κ2) is 15.6. The number of ether oxygens (including phenoxy) is 2. The van der Waals surface area contributed by atoms with E-state index in [4.69, 9.17) is 9.47 Å². The highest BCUT2D eigenvalue weighted by Gasteiger charge is 2.20. The Morgan fingerprint density at radius 1 is 0.804 bits per heavy atom. The maximum atomic E-state index is 12.7. The molecule has 1 heterocycles. The summed E-state index contributed by atoms with van der Waals surface area (Å²) in [6, 6.07) is 39.7. The van der Waals surface area contributed by atoms with Gasteiger partial charge in [-0.05, 0) is 78.8 Å². The fourth-order valence-electron chi connectivity index (χ4n) is 6.99. The third-order valence-corrected chi connectivity index (χ3v) is 10.7. The number of rotatable bonds is 15. The number of fused-ring (bicyclic) bond motifs is 3. The fraction of sp³-hybridized carbons (Fsp3) is 0.286. The molecule has 7 rings (SSSR count). The van der Waals surface area contributed by atoms with Crippen LogP contribution in [-0.2, 0) is 23.1 Å². The first-order valence-electron chi connectivity index (χ1n) is 17.7. The Bertz CT molecular complexity index is 2180. The van der Waals surface area contributed by atoms with Crippen molar-refractivity contribution in [2.75, 3.05) is 30.3 Å². The Labute approximate surface area is 300 Å². The van der Waals surface area contributed by atoms with Crippen molar-refractivity contribution in [2.24, 2.45) is 0 Å². The van der Waals surface area contributed by atoms with Crippen LogP contribution >= 0.6 is 0 Å². The molecule has 0 saturated heterocycles. The number of aliphatic hydroxyl groups excluding tert-OH is 1. The van der Waals surface area contributed by atoms with Crippen LogP contribution in [0.3, 0.4) is 0 Å². The lowest BCUT2D eigenvalue weighted by Gasteiger charge is -2.24. The van der Waals surface area contributed by atoms with E-state index in [0.29, 0.717) is 37.1 Å². The van der Waals surface area contributed by atoms with Crippen LogP contribution in [0.25, 0.3) is 21.8 Å². The molecule has 0 spiro atoms. The maximum absolute atomic E-state index is 12.7. The second-order valence-electron chi connectivity index (χ2n) is 13.4. The summed E-state index contributed by atoms with van der Waals surface area (Å²) in [7, 11) is -3.54. The summed E-state index contributed by atoms with van der Waals surface area (Å²) in [6.07, 6.45) is 5.37.